The number of aliphatic hydroxyl groups excluding tert-OH is 1. The molecule has 0 saturated carbocycles. The topological polar surface area (TPSA) is 50.2 Å². The van der Waals surface area contributed by atoms with Crippen molar-refractivity contribution in [1.29, 1.82) is 0 Å². The molecule has 0 amide bonds. The van der Waals surface area contributed by atoms with Crippen LogP contribution in [-0.2, 0) is 24.9 Å². The summed E-state index contributed by atoms with van der Waals surface area (Å²) in [5, 5.41) is 11.4. The summed E-state index contributed by atoms with van der Waals surface area (Å²) >= 11 is 1.84. The van der Waals surface area contributed by atoms with Crippen molar-refractivity contribution in [1.82, 2.24) is 4.98 Å². The Morgan fingerprint density at radius 3 is 1.63 bits per heavy atom. The molecule has 0 saturated heterocycles. The van der Waals surface area contributed by atoms with Gasteiger partial charge < -0.3 is 10.1 Å². The summed E-state index contributed by atoms with van der Waals surface area (Å²) in [5.41, 5.74) is 16.5. The number of allylic oxidation sites excluding steroid dienone is 2. The molecule has 7 aromatic rings. The Morgan fingerprint density at radius 1 is 0.667 bits per heavy atom. The Kier molecular flexibility index (Phi) is 13.7. The summed E-state index contributed by atoms with van der Waals surface area (Å²) in [6, 6.07) is 43.6. The van der Waals surface area contributed by atoms with Gasteiger partial charge >= 0.3 is 0 Å². The van der Waals surface area contributed by atoms with Crippen LogP contribution in [0.25, 0.3) is 76.3 Å². The first kappa shape index (κ1) is 44.6. The first-order valence-corrected chi connectivity index (χ1v) is 22.0. The molecular weight excluding hydrogens is 931 g/mol. The maximum absolute atomic E-state index is 12.2. The molecule has 0 bridgehead atoms. The van der Waals surface area contributed by atoms with Crippen LogP contribution in [0, 0.1) is 37.7 Å². The van der Waals surface area contributed by atoms with E-state index in [4.69, 9.17) is 4.98 Å². The largest absolute Gasteiger partial charge is 0.512 e. The van der Waals surface area contributed by atoms with Crippen molar-refractivity contribution in [2.45, 2.75) is 88.0 Å². The van der Waals surface area contributed by atoms with E-state index >= 15 is 0 Å². The summed E-state index contributed by atoms with van der Waals surface area (Å²) < 4.78 is 1.22. The van der Waals surface area contributed by atoms with Crippen LogP contribution in [-0.4, -0.2) is 15.9 Å². The van der Waals surface area contributed by atoms with Gasteiger partial charge in [0.05, 0.1) is 0 Å². The van der Waals surface area contributed by atoms with Crippen LogP contribution in [0.5, 0.6) is 0 Å². The van der Waals surface area contributed by atoms with Gasteiger partial charge in [-0.25, -0.2) is 0 Å². The fourth-order valence-electron chi connectivity index (χ4n) is 8.32. The predicted octanol–water partition coefficient (Wildman–Crippen LogP) is 16.0. The van der Waals surface area contributed by atoms with Crippen LogP contribution < -0.4 is 0 Å². The van der Waals surface area contributed by atoms with Gasteiger partial charge in [-0.1, -0.05) is 140 Å². The first-order chi connectivity index (χ1) is 28.4. The summed E-state index contributed by atoms with van der Waals surface area (Å²) in [4.78, 5) is 18.3. The standard InChI is InChI=1S/C40H28NS.C15H28O2.Ir/c1-24-20-25(2)22-28(21-24)38-40-29(18-19-41-38)26(3)39(42-40)27-16-17-36-34-14-7-6-12-32(34)30-10-4-5-11-31(30)33-13-8-9-15-35(33)37(36)23-27;1-7-14(5,8-2)12(16)11-13(17)15(6,9-3)10-4;/h4-21,23H,1-3H3;11,16H,7-10H2,1-6H3;/q-1;;/b;12-11-;. The van der Waals surface area contributed by atoms with Gasteiger partial charge in [-0.05, 0) is 106 Å². The zero-order chi connectivity index (χ0) is 42.1. The van der Waals surface area contributed by atoms with Crippen molar-refractivity contribution >= 4 is 27.2 Å². The molecule has 5 aromatic carbocycles. The quantitative estimate of drug-likeness (QED) is 0.0891. The predicted molar refractivity (Wildman–Crippen MR) is 252 cm³/mol. The van der Waals surface area contributed by atoms with Gasteiger partial charge in [0.25, 0.3) is 0 Å². The number of nitrogens with zero attached hydrogens (tertiary/aromatic N) is 1. The van der Waals surface area contributed by atoms with Crippen molar-refractivity contribution in [2.24, 2.45) is 10.8 Å². The first-order valence-electron chi connectivity index (χ1n) is 21.1. The maximum atomic E-state index is 12.2. The Bertz CT molecular complexity index is 2690. The molecule has 8 rings (SSSR count). The van der Waals surface area contributed by atoms with Gasteiger partial charge in [0.2, 0.25) is 0 Å². The van der Waals surface area contributed by atoms with E-state index in [1.54, 1.807) is 0 Å². The van der Waals surface area contributed by atoms with Crippen molar-refractivity contribution in [3.63, 3.8) is 0 Å². The molecule has 0 atom stereocenters. The minimum atomic E-state index is -0.337. The van der Waals surface area contributed by atoms with E-state index in [1.165, 1.54) is 82.2 Å². The molecule has 2 aromatic heterocycles. The molecule has 0 unspecified atom stereocenters. The van der Waals surface area contributed by atoms with Crippen LogP contribution in [0.1, 0.15) is 83.9 Å². The van der Waals surface area contributed by atoms with Gasteiger partial charge in [0.1, 0.15) is 5.76 Å². The maximum Gasteiger partial charge on any atom is 0.164 e. The van der Waals surface area contributed by atoms with E-state index in [2.05, 4.69) is 136 Å². The molecule has 60 heavy (non-hydrogen) atoms. The van der Waals surface area contributed by atoms with Gasteiger partial charge in [0, 0.05) is 58.5 Å². The van der Waals surface area contributed by atoms with Gasteiger partial charge in [-0.15, -0.1) is 46.2 Å². The van der Waals surface area contributed by atoms with Gasteiger partial charge in [-0.2, -0.15) is 0 Å². The average Bonchev–Trinajstić information content (AvgIpc) is 3.60. The molecule has 309 valence electrons. The van der Waals surface area contributed by atoms with E-state index in [0.717, 1.165) is 42.5 Å². The van der Waals surface area contributed by atoms with Crippen molar-refractivity contribution < 1.29 is 30.0 Å². The fraction of sp³-hybridized carbons (Fsp3) is 0.273. The monoisotopic (exact) mass is 987 g/mol. The van der Waals surface area contributed by atoms with Crippen LogP contribution in [0.15, 0.2) is 127 Å². The molecule has 0 fully saturated rings. The number of hydrogen-bond donors (Lipinski definition) is 1. The molecule has 1 radical (unpaired) electrons. The number of aliphatic hydroxyl groups is 1. The molecule has 3 nitrogen and oxygen atoms in total. The van der Waals surface area contributed by atoms with Crippen LogP contribution in [0.3, 0.4) is 0 Å². The minimum absolute atomic E-state index is 0. The Hall–Kier alpha value is -4.93. The third-order valence-corrected chi connectivity index (χ3v) is 14.4. The zero-order valence-corrected chi connectivity index (χ0v) is 39.6. The smallest absolute Gasteiger partial charge is 0.164 e. The summed E-state index contributed by atoms with van der Waals surface area (Å²) in [6.45, 7) is 18.6. The number of ketones is 1. The number of carbonyl (C=O) groups is 1. The average molecular weight is 987 g/mol. The summed E-state index contributed by atoms with van der Waals surface area (Å²) in [7, 11) is 0. The number of aryl methyl sites for hydroxylation is 3. The second-order valence-electron chi connectivity index (χ2n) is 16.7. The molecule has 0 spiro atoms. The summed E-state index contributed by atoms with van der Waals surface area (Å²) in [5.74, 6) is 0.286. The number of benzene rings is 5. The zero-order valence-electron chi connectivity index (χ0n) is 36.4. The van der Waals surface area contributed by atoms with Crippen molar-refractivity contribution in [2.75, 3.05) is 0 Å². The van der Waals surface area contributed by atoms with Gasteiger partial charge in [0.15, 0.2) is 5.78 Å². The normalized spacial score (nSPS) is 12.1. The van der Waals surface area contributed by atoms with E-state index in [-0.39, 0.29) is 42.5 Å². The number of rotatable bonds is 9. The number of carbonyl (C=O) groups excluding carboxylic acids is 1. The van der Waals surface area contributed by atoms with Crippen molar-refractivity contribution in [3.8, 4) is 66.2 Å². The molecule has 1 aliphatic rings. The third kappa shape index (κ3) is 8.38. The molecule has 0 aliphatic heterocycles. The Morgan fingerprint density at radius 2 is 1.15 bits per heavy atom. The van der Waals surface area contributed by atoms with E-state index in [0.29, 0.717) is 0 Å². The number of hydrogen-bond acceptors (Lipinski definition) is 4. The van der Waals surface area contributed by atoms with Crippen molar-refractivity contribution in [3.05, 3.63) is 150 Å². The molecule has 1 N–H and O–H groups in total. The van der Waals surface area contributed by atoms with E-state index in [1.807, 2.05) is 59.1 Å². The second kappa shape index (κ2) is 18.4. The molecule has 2 heterocycles. The molecule has 1 aliphatic carbocycles. The Balaban J connectivity index is 0.000000287. The number of fused-ring (bicyclic) bond motifs is 9. The van der Waals surface area contributed by atoms with Crippen LogP contribution >= 0.6 is 11.3 Å². The second-order valence-corrected chi connectivity index (χ2v) is 17.7. The van der Waals surface area contributed by atoms with E-state index < -0.39 is 0 Å². The summed E-state index contributed by atoms with van der Waals surface area (Å²) in [6.07, 6.45) is 6.70. The minimum Gasteiger partial charge on any atom is -0.512 e. The van der Waals surface area contributed by atoms with Gasteiger partial charge in [-0.3, -0.25) is 4.79 Å². The third-order valence-electron chi connectivity index (χ3n) is 13.1. The van der Waals surface area contributed by atoms with Crippen LogP contribution in [0.4, 0.5) is 0 Å². The Labute approximate surface area is 375 Å². The molecular formula is C55H56IrNO2S-. The van der Waals surface area contributed by atoms with Crippen LogP contribution in [0.2, 0.25) is 0 Å². The fourth-order valence-corrected chi connectivity index (χ4v) is 9.63. The van der Waals surface area contributed by atoms with E-state index in [9.17, 15) is 9.90 Å². The molecule has 5 heteroatoms. The number of pyridine rings is 1. The SMILES string of the molecule is CCC(C)(CC)C(=O)/C=C(\O)C(C)(CC)CC.Cc1[c-]c(-c2nccc3c(C)c(-c4ccc5c(c4)-c4ccccc4-c4ccccc4-c4ccccc4-5)sc23)cc(C)c1.[Ir]. The number of thiophene rings is 1. The number of aromatic nitrogens is 1.